The van der Waals surface area contributed by atoms with Crippen molar-refractivity contribution >= 4 is 16.8 Å². The highest BCUT2D eigenvalue weighted by atomic mass is 16.5. The van der Waals surface area contributed by atoms with Gasteiger partial charge in [-0.3, -0.25) is 4.79 Å². The molecule has 6 heteroatoms. The lowest BCUT2D eigenvalue weighted by molar-refractivity contribution is -0.121. The second-order valence-corrected chi connectivity index (χ2v) is 7.03. The van der Waals surface area contributed by atoms with Crippen LogP contribution in [0, 0.1) is 0 Å². The van der Waals surface area contributed by atoms with Crippen molar-refractivity contribution in [2.45, 2.75) is 18.9 Å². The molecule has 0 aliphatic carbocycles. The number of nitrogens with one attached hydrogen (secondary N) is 2. The molecule has 0 bridgehead atoms. The summed E-state index contributed by atoms with van der Waals surface area (Å²) in [6.45, 7) is 0. The molecule has 0 saturated carbocycles. The molecule has 1 amide bonds. The highest BCUT2D eigenvalue weighted by Gasteiger charge is 2.21. The zero-order chi connectivity index (χ0) is 20.2. The van der Waals surface area contributed by atoms with Crippen LogP contribution in [0.2, 0.25) is 0 Å². The average Bonchev–Trinajstić information content (AvgIpc) is 3.36. The molecule has 1 atom stereocenters. The maximum Gasteiger partial charge on any atom is 0.221 e. The molecule has 148 valence electrons. The number of benzene rings is 2. The second-order valence-electron chi connectivity index (χ2n) is 7.03. The predicted octanol–water partition coefficient (Wildman–Crippen LogP) is 3.75. The van der Waals surface area contributed by atoms with Crippen LogP contribution in [-0.2, 0) is 18.3 Å². The summed E-state index contributed by atoms with van der Waals surface area (Å²) in [6, 6.07) is 15.5. The van der Waals surface area contributed by atoms with Crippen molar-refractivity contribution in [3.63, 3.8) is 0 Å². The van der Waals surface area contributed by atoms with Gasteiger partial charge < -0.3 is 19.6 Å². The molecule has 0 saturated heterocycles. The largest absolute Gasteiger partial charge is 0.497 e. The molecule has 2 N–H and O–H groups in total. The molecule has 29 heavy (non-hydrogen) atoms. The molecule has 0 radical (unpaired) electrons. The van der Waals surface area contributed by atoms with Crippen molar-refractivity contribution in [1.29, 1.82) is 0 Å². The first-order valence-electron chi connectivity index (χ1n) is 9.61. The van der Waals surface area contributed by atoms with Crippen molar-refractivity contribution in [3.05, 3.63) is 84.1 Å². The van der Waals surface area contributed by atoms with Gasteiger partial charge in [-0.25, -0.2) is 4.98 Å². The standard InChI is InChI=1S/C23H24N4O2/c1-27-14-13-24-23(27)22(16-7-10-18(29-2)11-8-16)26-21(28)12-9-17-15-25-20-6-4-3-5-19(17)20/h3-8,10-11,13-15,22,25H,9,12H2,1-2H3,(H,26,28). The topological polar surface area (TPSA) is 71.9 Å². The fourth-order valence-corrected chi connectivity index (χ4v) is 3.57. The molecular formula is C23H24N4O2. The Labute approximate surface area is 169 Å². The molecule has 2 heterocycles. The fraction of sp³-hybridized carbons (Fsp3) is 0.217. The first kappa shape index (κ1) is 18.8. The van der Waals surface area contributed by atoms with Gasteiger partial charge in [0.1, 0.15) is 17.6 Å². The highest BCUT2D eigenvalue weighted by Crippen LogP contribution is 2.24. The Hall–Kier alpha value is -3.54. The number of nitrogens with zero attached hydrogens (tertiary/aromatic N) is 2. The minimum atomic E-state index is -0.323. The number of hydrogen-bond donors (Lipinski definition) is 2. The maximum absolute atomic E-state index is 12.8. The molecule has 4 aromatic rings. The van der Waals surface area contributed by atoms with Gasteiger partial charge in [0, 0.05) is 43.0 Å². The minimum Gasteiger partial charge on any atom is -0.497 e. The molecule has 0 aliphatic heterocycles. The smallest absolute Gasteiger partial charge is 0.221 e. The van der Waals surface area contributed by atoms with Gasteiger partial charge in [0.25, 0.3) is 0 Å². The van der Waals surface area contributed by atoms with E-state index in [4.69, 9.17) is 4.74 Å². The van der Waals surface area contributed by atoms with Gasteiger partial charge in [0.2, 0.25) is 5.91 Å². The summed E-state index contributed by atoms with van der Waals surface area (Å²) >= 11 is 0. The summed E-state index contributed by atoms with van der Waals surface area (Å²) in [5.74, 6) is 1.55. The molecule has 4 rings (SSSR count). The van der Waals surface area contributed by atoms with Crippen LogP contribution in [-0.4, -0.2) is 27.6 Å². The molecule has 2 aromatic heterocycles. The van der Waals surface area contributed by atoms with Crippen LogP contribution in [0.1, 0.15) is 29.4 Å². The number of hydrogen-bond acceptors (Lipinski definition) is 3. The molecule has 6 nitrogen and oxygen atoms in total. The molecule has 0 aliphatic rings. The van der Waals surface area contributed by atoms with E-state index in [-0.39, 0.29) is 11.9 Å². The van der Waals surface area contributed by atoms with E-state index in [0.29, 0.717) is 12.8 Å². The summed E-state index contributed by atoms with van der Waals surface area (Å²) in [5, 5.41) is 4.31. The lowest BCUT2D eigenvalue weighted by Gasteiger charge is -2.19. The van der Waals surface area contributed by atoms with E-state index in [9.17, 15) is 4.79 Å². The van der Waals surface area contributed by atoms with E-state index < -0.39 is 0 Å². The van der Waals surface area contributed by atoms with E-state index >= 15 is 0 Å². The zero-order valence-electron chi connectivity index (χ0n) is 16.6. The quantitative estimate of drug-likeness (QED) is 0.506. The number of aromatic nitrogens is 3. The number of para-hydroxylation sites is 1. The molecule has 2 aromatic carbocycles. The van der Waals surface area contributed by atoms with Crippen molar-refractivity contribution in [3.8, 4) is 5.75 Å². The average molecular weight is 388 g/mol. The van der Waals surface area contributed by atoms with E-state index in [1.54, 1.807) is 13.3 Å². The van der Waals surface area contributed by atoms with Crippen LogP contribution in [0.5, 0.6) is 5.75 Å². The Morgan fingerprint density at radius 1 is 1.21 bits per heavy atom. The lowest BCUT2D eigenvalue weighted by atomic mass is 10.0. The van der Waals surface area contributed by atoms with Crippen molar-refractivity contribution in [1.82, 2.24) is 19.9 Å². The minimum absolute atomic E-state index is 0.0147. The summed E-state index contributed by atoms with van der Waals surface area (Å²) in [6.07, 6.45) is 6.68. The summed E-state index contributed by atoms with van der Waals surface area (Å²) < 4.78 is 7.17. The van der Waals surface area contributed by atoms with Gasteiger partial charge in [-0.15, -0.1) is 0 Å². The number of ether oxygens (including phenoxy) is 1. The van der Waals surface area contributed by atoms with Gasteiger partial charge in [-0.1, -0.05) is 30.3 Å². The number of aryl methyl sites for hydroxylation is 2. The monoisotopic (exact) mass is 388 g/mol. The van der Waals surface area contributed by atoms with Crippen LogP contribution in [0.4, 0.5) is 0 Å². The third kappa shape index (κ3) is 4.01. The van der Waals surface area contributed by atoms with Gasteiger partial charge >= 0.3 is 0 Å². The first-order chi connectivity index (χ1) is 14.2. The zero-order valence-corrected chi connectivity index (χ0v) is 16.6. The third-order valence-corrected chi connectivity index (χ3v) is 5.17. The highest BCUT2D eigenvalue weighted by molar-refractivity contribution is 5.84. The van der Waals surface area contributed by atoms with Gasteiger partial charge in [-0.2, -0.15) is 0 Å². The number of fused-ring (bicyclic) bond motifs is 1. The van der Waals surface area contributed by atoms with Crippen molar-refractivity contribution < 1.29 is 9.53 Å². The van der Waals surface area contributed by atoms with E-state index in [1.165, 1.54) is 0 Å². The Morgan fingerprint density at radius 2 is 2.00 bits per heavy atom. The number of methoxy groups -OCH3 is 1. The number of carbonyl (C=O) groups excluding carboxylic acids is 1. The lowest BCUT2D eigenvalue weighted by Crippen LogP contribution is -2.31. The van der Waals surface area contributed by atoms with E-state index in [2.05, 4.69) is 21.4 Å². The molecule has 0 spiro atoms. The summed E-state index contributed by atoms with van der Waals surface area (Å²) in [5.41, 5.74) is 3.20. The van der Waals surface area contributed by atoms with E-state index in [1.807, 2.05) is 66.5 Å². The van der Waals surface area contributed by atoms with Crippen LogP contribution in [0.25, 0.3) is 10.9 Å². The van der Waals surface area contributed by atoms with Crippen LogP contribution in [0.15, 0.2) is 67.1 Å². The summed E-state index contributed by atoms with van der Waals surface area (Å²) in [4.78, 5) is 20.5. The molecule has 0 fully saturated rings. The number of imidazole rings is 1. The second kappa shape index (κ2) is 8.22. The number of amides is 1. The van der Waals surface area contributed by atoms with Gasteiger partial charge in [0.15, 0.2) is 0 Å². The third-order valence-electron chi connectivity index (χ3n) is 5.17. The summed E-state index contributed by atoms with van der Waals surface area (Å²) in [7, 11) is 3.56. The Bertz CT molecular complexity index is 1110. The van der Waals surface area contributed by atoms with Gasteiger partial charge in [0.05, 0.1) is 7.11 Å². The molecule has 1 unspecified atom stereocenters. The number of aromatic amines is 1. The first-order valence-corrected chi connectivity index (χ1v) is 9.61. The SMILES string of the molecule is COc1ccc(C(NC(=O)CCc2c[nH]c3ccccc23)c2nccn2C)cc1. The van der Waals surface area contributed by atoms with Crippen LogP contribution >= 0.6 is 0 Å². The number of carbonyl (C=O) groups is 1. The number of rotatable bonds is 7. The van der Waals surface area contributed by atoms with Crippen molar-refractivity contribution in [2.75, 3.05) is 7.11 Å². The Balaban J connectivity index is 1.51. The molecular weight excluding hydrogens is 364 g/mol. The Morgan fingerprint density at radius 3 is 2.72 bits per heavy atom. The van der Waals surface area contributed by atoms with Gasteiger partial charge in [-0.05, 0) is 35.7 Å². The normalized spacial score (nSPS) is 12.1. The van der Waals surface area contributed by atoms with E-state index in [0.717, 1.165) is 33.6 Å². The number of H-pyrrole nitrogens is 1. The van der Waals surface area contributed by atoms with Crippen molar-refractivity contribution in [2.24, 2.45) is 7.05 Å². The Kier molecular flexibility index (Phi) is 5.33. The fourth-order valence-electron chi connectivity index (χ4n) is 3.57. The predicted molar refractivity (Wildman–Crippen MR) is 113 cm³/mol. The maximum atomic E-state index is 12.8. The van der Waals surface area contributed by atoms with Crippen LogP contribution in [0.3, 0.4) is 0 Å². The van der Waals surface area contributed by atoms with Crippen LogP contribution < -0.4 is 10.1 Å².